The standard InChI is InChI=1S/C19H14Cl2N2O3S/c20-15-6-3-5-12(18(15)21)8-14-9-22-19(27-14)23-17(25)11-26-16-7-2-1-4-13(16)10-24/h1-7,9-10H,8,11H2,(H,22,23,25). The second-order valence-corrected chi connectivity index (χ2v) is 7.41. The number of anilines is 1. The van der Waals surface area contributed by atoms with Gasteiger partial charge in [0.05, 0.1) is 15.6 Å². The molecule has 1 N–H and O–H groups in total. The van der Waals surface area contributed by atoms with Crippen molar-refractivity contribution in [1.82, 2.24) is 4.98 Å². The molecule has 0 bridgehead atoms. The van der Waals surface area contributed by atoms with Crippen molar-refractivity contribution in [2.24, 2.45) is 0 Å². The predicted octanol–water partition coefficient (Wildman–Crippen LogP) is 4.87. The summed E-state index contributed by atoms with van der Waals surface area (Å²) in [4.78, 5) is 28.1. The monoisotopic (exact) mass is 420 g/mol. The third-order valence-corrected chi connectivity index (χ3v) is 5.37. The normalized spacial score (nSPS) is 10.4. The van der Waals surface area contributed by atoms with Gasteiger partial charge < -0.3 is 4.74 Å². The Morgan fingerprint density at radius 3 is 2.81 bits per heavy atom. The topological polar surface area (TPSA) is 68.3 Å². The number of benzene rings is 2. The number of aldehydes is 1. The highest BCUT2D eigenvalue weighted by Crippen LogP contribution is 2.29. The lowest BCUT2D eigenvalue weighted by Gasteiger charge is -2.07. The van der Waals surface area contributed by atoms with Gasteiger partial charge in [0.25, 0.3) is 5.91 Å². The van der Waals surface area contributed by atoms with Crippen LogP contribution in [0.4, 0.5) is 5.13 Å². The molecule has 5 nitrogen and oxygen atoms in total. The van der Waals surface area contributed by atoms with E-state index in [0.29, 0.717) is 39.2 Å². The molecule has 0 unspecified atom stereocenters. The van der Waals surface area contributed by atoms with Gasteiger partial charge in [-0.05, 0) is 23.8 Å². The molecular formula is C19H14Cl2N2O3S. The lowest BCUT2D eigenvalue weighted by molar-refractivity contribution is -0.118. The summed E-state index contributed by atoms with van der Waals surface area (Å²) in [6.45, 7) is -0.222. The van der Waals surface area contributed by atoms with Crippen molar-refractivity contribution in [2.45, 2.75) is 6.42 Å². The summed E-state index contributed by atoms with van der Waals surface area (Å²) in [5.41, 5.74) is 1.28. The molecule has 0 aliphatic carbocycles. The first kappa shape index (κ1) is 19.4. The summed E-state index contributed by atoms with van der Waals surface area (Å²) in [5.74, 6) is -0.00420. The molecule has 0 saturated carbocycles. The van der Waals surface area contributed by atoms with Gasteiger partial charge in [-0.1, -0.05) is 47.5 Å². The zero-order valence-corrected chi connectivity index (χ0v) is 16.3. The Bertz CT molecular complexity index is 975. The summed E-state index contributed by atoms with van der Waals surface area (Å²) in [5, 5.41) is 4.15. The summed E-state index contributed by atoms with van der Waals surface area (Å²) >= 11 is 13.6. The molecule has 0 saturated heterocycles. The number of para-hydroxylation sites is 1. The molecule has 8 heteroatoms. The lowest BCUT2D eigenvalue weighted by atomic mass is 10.1. The fourth-order valence-corrected chi connectivity index (χ4v) is 3.57. The number of halogens is 2. The maximum atomic E-state index is 12.1. The van der Waals surface area contributed by atoms with Crippen LogP contribution in [0, 0.1) is 0 Å². The second-order valence-electron chi connectivity index (χ2n) is 5.51. The van der Waals surface area contributed by atoms with Crippen molar-refractivity contribution in [1.29, 1.82) is 0 Å². The highest BCUT2D eigenvalue weighted by Gasteiger charge is 2.11. The molecule has 0 aliphatic rings. The highest BCUT2D eigenvalue weighted by molar-refractivity contribution is 7.15. The first-order valence-electron chi connectivity index (χ1n) is 7.91. The third kappa shape index (κ3) is 5.07. The number of thiazole rings is 1. The quantitative estimate of drug-likeness (QED) is 0.553. The van der Waals surface area contributed by atoms with Crippen LogP contribution in [0.15, 0.2) is 48.7 Å². The van der Waals surface area contributed by atoms with Crippen LogP contribution in [-0.2, 0) is 11.2 Å². The highest BCUT2D eigenvalue weighted by atomic mass is 35.5. The summed E-state index contributed by atoms with van der Waals surface area (Å²) in [6, 6.07) is 12.2. The Labute approximate surface area is 169 Å². The molecule has 1 heterocycles. The maximum absolute atomic E-state index is 12.1. The minimum absolute atomic E-state index is 0.222. The minimum atomic E-state index is -0.364. The number of amides is 1. The van der Waals surface area contributed by atoms with E-state index < -0.39 is 0 Å². The van der Waals surface area contributed by atoms with Crippen LogP contribution < -0.4 is 10.1 Å². The van der Waals surface area contributed by atoms with Gasteiger partial charge in [0.1, 0.15) is 5.75 Å². The van der Waals surface area contributed by atoms with Gasteiger partial charge in [0.2, 0.25) is 0 Å². The van der Waals surface area contributed by atoms with Crippen molar-refractivity contribution >= 4 is 51.9 Å². The number of carbonyl (C=O) groups is 2. The molecule has 2 aromatic carbocycles. The van der Waals surface area contributed by atoms with Crippen LogP contribution in [0.1, 0.15) is 20.8 Å². The van der Waals surface area contributed by atoms with E-state index in [1.807, 2.05) is 12.1 Å². The smallest absolute Gasteiger partial charge is 0.264 e. The fourth-order valence-electron chi connectivity index (χ4n) is 2.33. The van der Waals surface area contributed by atoms with Gasteiger partial charge in [0, 0.05) is 17.5 Å². The summed E-state index contributed by atoms with van der Waals surface area (Å²) < 4.78 is 5.39. The molecule has 0 spiro atoms. The molecule has 138 valence electrons. The van der Waals surface area contributed by atoms with E-state index in [0.717, 1.165) is 10.4 Å². The van der Waals surface area contributed by atoms with Crippen LogP contribution in [0.25, 0.3) is 0 Å². The van der Waals surface area contributed by atoms with E-state index in [2.05, 4.69) is 10.3 Å². The Hall–Kier alpha value is -2.41. The number of aromatic nitrogens is 1. The number of hydrogen-bond donors (Lipinski definition) is 1. The second kappa shape index (κ2) is 8.99. The first-order valence-corrected chi connectivity index (χ1v) is 9.48. The molecule has 3 rings (SSSR count). The van der Waals surface area contributed by atoms with Gasteiger partial charge >= 0.3 is 0 Å². The van der Waals surface area contributed by atoms with E-state index in [-0.39, 0.29) is 12.5 Å². The largest absolute Gasteiger partial charge is 0.483 e. The number of nitrogens with one attached hydrogen (secondary N) is 1. The molecule has 0 aliphatic heterocycles. The van der Waals surface area contributed by atoms with Gasteiger partial charge in [-0.2, -0.15) is 0 Å². The van der Waals surface area contributed by atoms with E-state index in [9.17, 15) is 9.59 Å². The molecule has 0 fully saturated rings. The molecule has 3 aromatic rings. The van der Waals surface area contributed by atoms with Crippen molar-refractivity contribution in [3.63, 3.8) is 0 Å². The predicted molar refractivity (Wildman–Crippen MR) is 107 cm³/mol. The Morgan fingerprint density at radius 1 is 1.19 bits per heavy atom. The van der Waals surface area contributed by atoms with Crippen LogP contribution >= 0.6 is 34.5 Å². The van der Waals surface area contributed by atoms with Gasteiger partial charge in [-0.15, -0.1) is 11.3 Å². The molecule has 0 radical (unpaired) electrons. The zero-order chi connectivity index (χ0) is 19.2. The minimum Gasteiger partial charge on any atom is -0.483 e. The van der Waals surface area contributed by atoms with E-state index in [1.165, 1.54) is 11.3 Å². The maximum Gasteiger partial charge on any atom is 0.264 e. The number of carbonyl (C=O) groups excluding carboxylic acids is 2. The van der Waals surface area contributed by atoms with Gasteiger partial charge in [-0.25, -0.2) is 4.98 Å². The third-order valence-electron chi connectivity index (χ3n) is 3.60. The van der Waals surface area contributed by atoms with Crippen molar-refractivity contribution < 1.29 is 14.3 Å². The van der Waals surface area contributed by atoms with Gasteiger partial charge in [-0.3, -0.25) is 14.9 Å². The molecule has 0 atom stereocenters. The van der Waals surface area contributed by atoms with Crippen molar-refractivity contribution in [3.05, 3.63) is 74.7 Å². The fraction of sp³-hybridized carbons (Fsp3) is 0.105. The molecule has 1 aromatic heterocycles. The van der Waals surface area contributed by atoms with Crippen LogP contribution in [0.2, 0.25) is 10.0 Å². The van der Waals surface area contributed by atoms with Crippen LogP contribution in [-0.4, -0.2) is 23.8 Å². The Kier molecular flexibility index (Phi) is 6.45. The van der Waals surface area contributed by atoms with E-state index in [1.54, 1.807) is 36.5 Å². The van der Waals surface area contributed by atoms with Crippen LogP contribution in [0.5, 0.6) is 5.75 Å². The average Bonchev–Trinajstić information content (AvgIpc) is 3.11. The van der Waals surface area contributed by atoms with Crippen molar-refractivity contribution in [2.75, 3.05) is 11.9 Å². The average molecular weight is 421 g/mol. The summed E-state index contributed by atoms with van der Waals surface area (Å²) in [6.07, 6.45) is 2.93. The number of nitrogens with zero attached hydrogens (tertiary/aromatic N) is 1. The van der Waals surface area contributed by atoms with E-state index in [4.69, 9.17) is 27.9 Å². The number of hydrogen-bond acceptors (Lipinski definition) is 5. The Balaban J connectivity index is 1.58. The first-order chi connectivity index (χ1) is 13.1. The molecular weight excluding hydrogens is 407 g/mol. The molecule has 27 heavy (non-hydrogen) atoms. The SMILES string of the molecule is O=Cc1ccccc1OCC(=O)Nc1ncc(Cc2cccc(Cl)c2Cl)s1. The van der Waals surface area contributed by atoms with Crippen LogP contribution in [0.3, 0.4) is 0 Å². The number of ether oxygens (including phenoxy) is 1. The van der Waals surface area contributed by atoms with E-state index >= 15 is 0 Å². The van der Waals surface area contributed by atoms with Crippen molar-refractivity contribution in [3.8, 4) is 5.75 Å². The zero-order valence-electron chi connectivity index (χ0n) is 13.9. The number of rotatable bonds is 7. The Morgan fingerprint density at radius 2 is 2.00 bits per heavy atom. The van der Waals surface area contributed by atoms with Gasteiger partial charge in [0.15, 0.2) is 18.0 Å². The summed E-state index contributed by atoms with van der Waals surface area (Å²) in [7, 11) is 0. The lowest BCUT2D eigenvalue weighted by Crippen LogP contribution is -2.20. The molecule has 1 amide bonds.